The van der Waals surface area contributed by atoms with Crippen molar-refractivity contribution in [3.8, 4) is 5.75 Å². The van der Waals surface area contributed by atoms with Gasteiger partial charge in [0.05, 0.1) is 18.4 Å². The summed E-state index contributed by atoms with van der Waals surface area (Å²) in [5, 5.41) is 2.89. The zero-order chi connectivity index (χ0) is 16.9. The predicted molar refractivity (Wildman–Crippen MR) is 110 cm³/mol. The third kappa shape index (κ3) is 4.93. The minimum atomic E-state index is -0.187. The molecule has 142 valence electrons. The number of amides is 1. The van der Waals surface area contributed by atoms with Crippen LogP contribution < -0.4 is 20.7 Å². The summed E-state index contributed by atoms with van der Waals surface area (Å²) < 4.78 is 5.13. The fraction of sp³-hybridized carbons (Fsp3) is 0.333. The van der Waals surface area contributed by atoms with E-state index in [1.165, 1.54) is 6.42 Å². The van der Waals surface area contributed by atoms with Crippen molar-refractivity contribution in [3.63, 3.8) is 0 Å². The second-order valence-electron chi connectivity index (χ2n) is 5.83. The van der Waals surface area contributed by atoms with Crippen molar-refractivity contribution in [2.75, 3.05) is 36.1 Å². The van der Waals surface area contributed by atoms with Crippen molar-refractivity contribution in [1.29, 1.82) is 0 Å². The van der Waals surface area contributed by atoms with Gasteiger partial charge in [-0.2, -0.15) is 0 Å². The second kappa shape index (κ2) is 10.1. The normalized spacial score (nSPS) is 13.2. The molecule has 1 saturated heterocycles. The average molecular weight is 399 g/mol. The Balaban J connectivity index is 0.00000169. The van der Waals surface area contributed by atoms with Crippen molar-refractivity contribution >= 4 is 47.9 Å². The number of nitrogens with one attached hydrogen (secondary N) is 1. The van der Waals surface area contributed by atoms with Gasteiger partial charge >= 0.3 is 0 Å². The van der Waals surface area contributed by atoms with E-state index < -0.39 is 0 Å². The van der Waals surface area contributed by atoms with Gasteiger partial charge in [0.15, 0.2) is 0 Å². The predicted octanol–water partition coefficient (Wildman–Crippen LogP) is 3.76. The number of hydrogen-bond acceptors (Lipinski definition) is 5. The number of carbonyl (C=O) groups excluding carboxylic acids is 1. The first-order valence-corrected chi connectivity index (χ1v) is 8.14. The zero-order valence-electron chi connectivity index (χ0n) is 14.6. The van der Waals surface area contributed by atoms with Gasteiger partial charge in [-0.25, -0.2) is 4.98 Å². The first-order chi connectivity index (χ1) is 11.7. The second-order valence-corrected chi connectivity index (χ2v) is 5.83. The van der Waals surface area contributed by atoms with Gasteiger partial charge in [0.2, 0.25) is 0 Å². The molecular weight excluding hydrogens is 375 g/mol. The number of aromatic nitrogens is 1. The lowest BCUT2D eigenvalue weighted by Crippen LogP contribution is -2.32. The lowest BCUT2D eigenvalue weighted by atomic mass is 10.1. The molecule has 0 bridgehead atoms. The Morgan fingerprint density at radius 3 is 2.58 bits per heavy atom. The molecule has 3 N–H and O–H groups in total. The maximum atomic E-state index is 12.7. The molecule has 6 nitrogen and oxygen atoms in total. The van der Waals surface area contributed by atoms with Gasteiger partial charge in [-0.15, -0.1) is 24.8 Å². The fourth-order valence-electron chi connectivity index (χ4n) is 2.94. The van der Waals surface area contributed by atoms with Crippen LogP contribution in [0.5, 0.6) is 5.75 Å². The largest absolute Gasteiger partial charge is 0.495 e. The molecular formula is C18H24Cl2N4O2. The Bertz CT molecular complexity index is 737. The third-order valence-electron chi connectivity index (χ3n) is 4.17. The number of anilines is 3. The molecule has 2 aromatic rings. The number of methoxy groups -OCH3 is 1. The van der Waals surface area contributed by atoms with Crippen LogP contribution in [-0.4, -0.2) is 31.1 Å². The van der Waals surface area contributed by atoms with Crippen LogP contribution in [0.4, 0.5) is 17.2 Å². The van der Waals surface area contributed by atoms with Crippen LogP contribution in [0.2, 0.25) is 0 Å². The quantitative estimate of drug-likeness (QED) is 0.766. The molecule has 26 heavy (non-hydrogen) atoms. The van der Waals surface area contributed by atoms with Crippen molar-refractivity contribution in [1.82, 2.24) is 4.98 Å². The van der Waals surface area contributed by atoms with Crippen molar-refractivity contribution in [2.24, 2.45) is 0 Å². The molecule has 0 atom stereocenters. The van der Waals surface area contributed by atoms with Gasteiger partial charge in [0.25, 0.3) is 5.91 Å². The summed E-state index contributed by atoms with van der Waals surface area (Å²) in [5.74, 6) is 1.15. The highest BCUT2D eigenvalue weighted by atomic mass is 35.5. The van der Waals surface area contributed by atoms with E-state index in [2.05, 4.69) is 15.2 Å². The first kappa shape index (κ1) is 21.9. The Labute approximate surface area is 165 Å². The molecule has 1 fully saturated rings. The van der Waals surface area contributed by atoms with Crippen LogP contribution in [0.3, 0.4) is 0 Å². The van der Waals surface area contributed by atoms with E-state index in [-0.39, 0.29) is 30.7 Å². The Morgan fingerprint density at radius 1 is 1.19 bits per heavy atom. The number of nitrogen functional groups attached to an aromatic ring is 1. The zero-order valence-corrected chi connectivity index (χ0v) is 16.2. The van der Waals surface area contributed by atoms with Gasteiger partial charge in [0, 0.05) is 25.0 Å². The molecule has 1 aliphatic heterocycles. The monoisotopic (exact) mass is 398 g/mol. The highest BCUT2D eigenvalue weighted by molar-refractivity contribution is 6.07. The number of ether oxygens (including phenoxy) is 1. The van der Waals surface area contributed by atoms with Crippen molar-refractivity contribution < 1.29 is 9.53 Å². The lowest BCUT2D eigenvalue weighted by molar-refractivity contribution is 0.102. The van der Waals surface area contributed by atoms with Crippen LogP contribution in [0, 0.1) is 0 Å². The molecule has 1 aromatic carbocycles. The highest BCUT2D eigenvalue weighted by Crippen LogP contribution is 2.26. The van der Waals surface area contributed by atoms with Crippen molar-refractivity contribution in [3.05, 3.63) is 42.1 Å². The standard InChI is InChI=1S/C18H22N4O2.2ClH/c1-24-16-8-7-13(12-15(16)19)21-18(23)14-6-5-9-20-17(14)22-10-3-2-4-11-22;;/h5-9,12H,2-4,10-11,19H2,1H3,(H,21,23);2*1H. The van der Waals surface area contributed by atoms with E-state index >= 15 is 0 Å². The number of nitrogens with two attached hydrogens (primary N) is 1. The van der Waals surface area contributed by atoms with Gasteiger partial charge in [-0.1, -0.05) is 0 Å². The maximum absolute atomic E-state index is 12.7. The molecule has 8 heteroatoms. The van der Waals surface area contributed by atoms with Crippen LogP contribution in [0.15, 0.2) is 36.5 Å². The number of carbonyl (C=O) groups is 1. The number of benzene rings is 1. The third-order valence-corrected chi connectivity index (χ3v) is 4.17. The number of piperidine rings is 1. The number of rotatable bonds is 4. The topological polar surface area (TPSA) is 80.5 Å². The fourth-order valence-corrected chi connectivity index (χ4v) is 2.94. The minimum Gasteiger partial charge on any atom is -0.495 e. The molecule has 1 amide bonds. The number of nitrogens with zero attached hydrogens (tertiary/aromatic N) is 2. The Morgan fingerprint density at radius 2 is 1.92 bits per heavy atom. The van der Waals surface area contributed by atoms with E-state index in [0.717, 1.165) is 31.7 Å². The van der Waals surface area contributed by atoms with Gasteiger partial charge < -0.3 is 20.7 Å². The number of pyridine rings is 1. The van der Waals surface area contributed by atoms with E-state index in [0.29, 0.717) is 22.7 Å². The van der Waals surface area contributed by atoms with Crippen LogP contribution in [-0.2, 0) is 0 Å². The van der Waals surface area contributed by atoms with Crippen LogP contribution in [0.1, 0.15) is 29.6 Å². The molecule has 0 aliphatic carbocycles. The number of hydrogen-bond donors (Lipinski definition) is 2. The molecule has 0 unspecified atom stereocenters. The van der Waals surface area contributed by atoms with Crippen LogP contribution in [0.25, 0.3) is 0 Å². The van der Waals surface area contributed by atoms with Crippen molar-refractivity contribution in [2.45, 2.75) is 19.3 Å². The van der Waals surface area contributed by atoms with E-state index in [9.17, 15) is 4.79 Å². The SMILES string of the molecule is COc1ccc(NC(=O)c2cccnc2N2CCCCC2)cc1N.Cl.Cl. The number of halogens is 2. The molecule has 0 radical (unpaired) electrons. The molecule has 0 spiro atoms. The summed E-state index contributed by atoms with van der Waals surface area (Å²) in [7, 11) is 1.56. The smallest absolute Gasteiger partial charge is 0.259 e. The Hall–Kier alpha value is -2.18. The summed E-state index contributed by atoms with van der Waals surface area (Å²) in [6.07, 6.45) is 5.22. The van der Waals surface area contributed by atoms with Crippen LogP contribution >= 0.6 is 24.8 Å². The molecule has 1 aliphatic rings. The lowest BCUT2D eigenvalue weighted by Gasteiger charge is -2.29. The first-order valence-electron chi connectivity index (χ1n) is 8.14. The van der Waals surface area contributed by atoms with Gasteiger partial charge in [-0.05, 0) is 49.6 Å². The van der Waals surface area contributed by atoms with Gasteiger partial charge in [-0.3, -0.25) is 4.79 Å². The summed E-state index contributed by atoms with van der Waals surface area (Å²) in [6, 6.07) is 8.78. The minimum absolute atomic E-state index is 0. The summed E-state index contributed by atoms with van der Waals surface area (Å²) in [6.45, 7) is 1.87. The molecule has 3 rings (SSSR count). The molecule has 1 aromatic heterocycles. The van der Waals surface area contributed by atoms with E-state index in [1.54, 1.807) is 43.6 Å². The average Bonchev–Trinajstić information content (AvgIpc) is 2.62. The van der Waals surface area contributed by atoms with E-state index in [1.807, 2.05) is 0 Å². The highest BCUT2D eigenvalue weighted by Gasteiger charge is 2.19. The van der Waals surface area contributed by atoms with Gasteiger partial charge in [0.1, 0.15) is 11.6 Å². The summed E-state index contributed by atoms with van der Waals surface area (Å²) in [4.78, 5) is 19.3. The maximum Gasteiger partial charge on any atom is 0.259 e. The summed E-state index contributed by atoms with van der Waals surface area (Å²) >= 11 is 0. The molecule has 0 saturated carbocycles. The molecule has 2 heterocycles. The summed E-state index contributed by atoms with van der Waals surface area (Å²) in [5.41, 5.74) is 7.59. The van der Waals surface area contributed by atoms with E-state index in [4.69, 9.17) is 10.5 Å². The Kier molecular flexibility index (Phi) is 8.48.